The van der Waals surface area contributed by atoms with Crippen molar-refractivity contribution in [2.75, 3.05) is 0 Å². The number of para-hydroxylation sites is 1. The molecular formula is C11H8N4O2. The summed E-state index contributed by atoms with van der Waals surface area (Å²) in [6.07, 6.45) is 1.41. The zero-order valence-corrected chi connectivity index (χ0v) is 8.68. The standard InChI is InChI=1S/C11H8N4O2/c16-10-9-8(6-12-14-9)13-11(17)15(10)7-4-2-1-3-5-7/h1-6H,(H,12,14)(H,13,17). The summed E-state index contributed by atoms with van der Waals surface area (Å²) in [4.78, 5) is 26.5. The molecule has 6 nitrogen and oxygen atoms in total. The van der Waals surface area contributed by atoms with Crippen LogP contribution >= 0.6 is 0 Å². The minimum Gasteiger partial charge on any atom is -0.304 e. The summed E-state index contributed by atoms with van der Waals surface area (Å²) in [7, 11) is 0. The van der Waals surface area contributed by atoms with Crippen molar-refractivity contribution in [3.05, 3.63) is 57.4 Å². The monoisotopic (exact) mass is 228 g/mol. The second-order valence-electron chi connectivity index (χ2n) is 3.56. The maximum absolute atomic E-state index is 12.1. The molecule has 0 aliphatic heterocycles. The summed E-state index contributed by atoms with van der Waals surface area (Å²) in [5.41, 5.74) is 0.332. The third kappa shape index (κ3) is 1.38. The van der Waals surface area contributed by atoms with E-state index in [9.17, 15) is 9.59 Å². The molecule has 0 spiro atoms. The summed E-state index contributed by atoms with van der Waals surface area (Å²) >= 11 is 0. The Morgan fingerprint density at radius 1 is 1.12 bits per heavy atom. The fraction of sp³-hybridized carbons (Fsp3) is 0. The predicted molar refractivity (Wildman–Crippen MR) is 62.3 cm³/mol. The van der Waals surface area contributed by atoms with Gasteiger partial charge in [0, 0.05) is 0 Å². The van der Waals surface area contributed by atoms with Gasteiger partial charge in [-0.3, -0.25) is 9.89 Å². The molecule has 0 amide bonds. The van der Waals surface area contributed by atoms with E-state index in [0.717, 1.165) is 4.57 Å². The van der Waals surface area contributed by atoms with Crippen LogP contribution < -0.4 is 11.2 Å². The molecular weight excluding hydrogens is 220 g/mol. The fourth-order valence-electron chi connectivity index (χ4n) is 1.73. The van der Waals surface area contributed by atoms with E-state index in [0.29, 0.717) is 11.2 Å². The van der Waals surface area contributed by atoms with Gasteiger partial charge in [0.05, 0.1) is 17.4 Å². The first kappa shape index (κ1) is 9.59. The molecule has 0 bridgehead atoms. The molecule has 1 aromatic carbocycles. The van der Waals surface area contributed by atoms with Gasteiger partial charge in [-0.15, -0.1) is 0 Å². The number of rotatable bonds is 1. The summed E-state index contributed by atoms with van der Waals surface area (Å²) in [5, 5.41) is 6.30. The second-order valence-corrected chi connectivity index (χ2v) is 3.56. The highest BCUT2D eigenvalue weighted by Crippen LogP contribution is 2.03. The molecule has 0 unspecified atom stereocenters. The molecule has 2 N–H and O–H groups in total. The van der Waals surface area contributed by atoms with Gasteiger partial charge in [0.15, 0.2) is 0 Å². The largest absolute Gasteiger partial charge is 0.333 e. The van der Waals surface area contributed by atoms with Crippen LogP contribution in [0.5, 0.6) is 0 Å². The molecule has 84 valence electrons. The van der Waals surface area contributed by atoms with E-state index in [1.807, 2.05) is 6.07 Å². The van der Waals surface area contributed by atoms with Gasteiger partial charge in [-0.1, -0.05) is 18.2 Å². The fourth-order valence-corrected chi connectivity index (χ4v) is 1.73. The lowest BCUT2D eigenvalue weighted by Gasteiger charge is -2.03. The molecule has 6 heteroatoms. The van der Waals surface area contributed by atoms with Gasteiger partial charge in [0.25, 0.3) is 5.56 Å². The number of hydrogen-bond acceptors (Lipinski definition) is 3. The van der Waals surface area contributed by atoms with Crippen molar-refractivity contribution in [1.82, 2.24) is 19.7 Å². The molecule has 3 aromatic rings. The van der Waals surface area contributed by atoms with Crippen molar-refractivity contribution >= 4 is 11.0 Å². The molecule has 2 heterocycles. The average Bonchev–Trinajstić information content (AvgIpc) is 2.78. The van der Waals surface area contributed by atoms with Crippen molar-refractivity contribution in [3.63, 3.8) is 0 Å². The molecule has 0 saturated carbocycles. The minimum absolute atomic E-state index is 0.286. The van der Waals surface area contributed by atoms with Gasteiger partial charge < -0.3 is 4.98 Å². The van der Waals surface area contributed by atoms with E-state index in [4.69, 9.17) is 0 Å². The highest BCUT2D eigenvalue weighted by molar-refractivity contribution is 5.71. The molecule has 0 aliphatic rings. The summed E-state index contributed by atoms with van der Waals surface area (Å²) in [6.45, 7) is 0. The highest BCUT2D eigenvalue weighted by Gasteiger charge is 2.09. The molecule has 0 saturated heterocycles. The zero-order chi connectivity index (χ0) is 11.8. The van der Waals surface area contributed by atoms with Gasteiger partial charge in [-0.05, 0) is 12.1 Å². The van der Waals surface area contributed by atoms with Crippen LogP contribution in [-0.2, 0) is 0 Å². The average molecular weight is 228 g/mol. The van der Waals surface area contributed by atoms with Crippen molar-refractivity contribution in [2.45, 2.75) is 0 Å². The van der Waals surface area contributed by atoms with Crippen LogP contribution in [0, 0.1) is 0 Å². The van der Waals surface area contributed by atoms with Gasteiger partial charge >= 0.3 is 5.69 Å². The van der Waals surface area contributed by atoms with Crippen LogP contribution in [0.4, 0.5) is 0 Å². The Morgan fingerprint density at radius 2 is 1.88 bits per heavy atom. The molecule has 0 atom stereocenters. The third-order valence-corrected chi connectivity index (χ3v) is 2.52. The number of nitrogens with zero attached hydrogens (tertiary/aromatic N) is 2. The van der Waals surface area contributed by atoms with Gasteiger partial charge in [0.1, 0.15) is 5.52 Å². The lowest BCUT2D eigenvalue weighted by Crippen LogP contribution is -2.33. The first-order chi connectivity index (χ1) is 8.27. The Bertz CT molecular complexity index is 782. The molecule has 0 radical (unpaired) electrons. The molecule has 0 aliphatic carbocycles. The van der Waals surface area contributed by atoms with Crippen LogP contribution in [-0.4, -0.2) is 19.7 Å². The maximum atomic E-state index is 12.1. The van der Waals surface area contributed by atoms with E-state index in [1.165, 1.54) is 6.20 Å². The SMILES string of the molecule is O=c1[nH]c2cn[nH]c2c(=O)n1-c1ccccc1. The van der Waals surface area contributed by atoms with Crippen LogP contribution in [0.2, 0.25) is 0 Å². The predicted octanol–water partition coefficient (Wildman–Crippen LogP) is 0.402. The van der Waals surface area contributed by atoms with Crippen LogP contribution in [0.1, 0.15) is 0 Å². The van der Waals surface area contributed by atoms with E-state index < -0.39 is 11.2 Å². The topological polar surface area (TPSA) is 83.5 Å². The number of benzene rings is 1. The first-order valence-electron chi connectivity index (χ1n) is 5.01. The van der Waals surface area contributed by atoms with E-state index in [-0.39, 0.29) is 5.52 Å². The molecule has 2 aromatic heterocycles. The molecule has 3 rings (SSSR count). The van der Waals surface area contributed by atoms with Crippen LogP contribution in [0.3, 0.4) is 0 Å². The lowest BCUT2D eigenvalue weighted by molar-refractivity contribution is 0.897. The van der Waals surface area contributed by atoms with Crippen LogP contribution in [0.15, 0.2) is 46.1 Å². The Labute approximate surface area is 94.5 Å². The minimum atomic E-state index is -0.477. The van der Waals surface area contributed by atoms with Crippen molar-refractivity contribution in [2.24, 2.45) is 0 Å². The molecule has 17 heavy (non-hydrogen) atoms. The number of fused-ring (bicyclic) bond motifs is 1. The summed E-state index contributed by atoms with van der Waals surface area (Å²) in [5.74, 6) is 0. The normalized spacial score (nSPS) is 10.8. The Balaban J connectivity index is 2.45. The number of nitrogens with one attached hydrogen (secondary N) is 2. The van der Waals surface area contributed by atoms with Gasteiger partial charge in [-0.2, -0.15) is 5.10 Å². The first-order valence-corrected chi connectivity index (χ1v) is 5.01. The van der Waals surface area contributed by atoms with Crippen molar-refractivity contribution in [1.29, 1.82) is 0 Å². The van der Waals surface area contributed by atoms with E-state index in [2.05, 4.69) is 15.2 Å². The maximum Gasteiger partial charge on any atom is 0.333 e. The zero-order valence-electron chi connectivity index (χ0n) is 8.68. The Morgan fingerprint density at radius 3 is 2.65 bits per heavy atom. The quantitative estimate of drug-likeness (QED) is 0.632. The van der Waals surface area contributed by atoms with Gasteiger partial charge in [-0.25, -0.2) is 9.36 Å². The van der Waals surface area contributed by atoms with E-state index in [1.54, 1.807) is 24.3 Å². The van der Waals surface area contributed by atoms with Crippen molar-refractivity contribution < 1.29 is 0 Å². The lowest BCUT2D eigenvalue weighted by atomic mass is 10.3. The Kier molecular flexibility index (Phi) is 1.94. The summed E-state index contributed by atoms with van der Waals surface area (Å²) in [6, 6.07) is 8.73. The second kappa shape index (κ2) is 3.44. The van der Waals surface area contributed by atoms with Gasteiger partial charge in [0.2, 0.25) is 0 Å². The number of aromatic amines is 2. The third-order valence-electron chi connectivity index (χ3n) is 2.52. The number of H-pyrrole nitrogens is 2. The number of aromatic nitrogens is 4. The smallest absolute Gasteiger partial charge is 0.304 e. The molecule has 0 fully saturated rings. The number of hydrogen-bond donors (Lipinski definition) is 2. The Hall–Kier alpha value is -2.63. The highest BCUT2D eigenvalue weighted by atomic mass is 16.2. The van der Waals surface area contributed by atoms with Crippen LogP contribution in [0.25, 0.3) is 16.7 Å². The van der Waals surface area contributed by atoms with E-state index >= 15 is 0 Å². The summed E-state index contributed by atoms with van der Waals surface area (Å²) < 4.78 is 1.07. The van der Waals surface area contributed by atoms with Crippen molar-refractivity contribution in [3.8, 4) is 5.69 Å².